The molecule has 5 rings (SSSR count). The smallest absolute Gasteiger partial charge is 0.302 e. The maximum Gasteiger partial charge on any atom is 0.302 e. The van der Waals surface area contributed by atoms with Gasteiger partial charge in [-0.15, -0.1) is 0 Å². The van der Waals surface area contributed by atoms with Crippen LogP contribution in [0.25, 0.3) is 0 Å². The number of allylic oxidation sites excluding steroid dienone is 2. The highest BCUT2D eigenvalue weighted by molar-refractivity contribution is 5.98. The number of fused-ring (bicyclic) bond motifs is 7. The molecular weight excluding hydrogens is 412 g/mol. The summed E-state index contributed by atoms with van der Waals surface area (Å²) in [7, 11) is 0. The van der Waals surface area contributed by atoms with Gasteiger partial charge in [0.2, 0.25) is 0 Å². The molecule has 4 heteroatoms. The van der Waals surface area contributed by atoms with Crippen LogP contribution in [0.5, 0.6) is 0 Å². The van der Waals surface area contributed by atoms with E-state index in [1.54, 1.807) is 0 Å². The first-order valence-electron chi connectivity index (χ1n) is 13.3. The number of hydrogen-bond acceptors (Lipinski definition) is 4. The van der Waals surface area contributed by atoms with Crippen molar-refractivity contribution in [3.63, 3.8) is 0 Å². The first kappa shape index (κ1) is 23.3. The van der Waals surface area contributed by atoms with Gasteiger partial charge in [0, 0.05) is 12.3 Å². The zero-order valence-corrected chi connectivity index (χ0v) is 21.3. The second-order valence-electron chi connectivity index (χ2n) is 12.6. The summed E-state index contributed by atoms with van der Waals surface area (Å²) in [6.45, 7) is 13.2. The molecule has 0 aromatic heterocycles. The van der Waals surface area contributed by atoms with E-state index in [1.165, 1.54) is 38.2 Å². The molecule has 0 unspecified atom stereocenters. The average Bonchev–Trinajstić information content (AvgIpc) is 3.49. The van der Waals surface area contributed by atoms with Crippen molar-refractivity contribution < 1.29 is 19.1 Å². The first-order chi connectivity index (χ1) is 15.6. The van der Waals surface area contributed by atoms with E-state index < -0.39 is 0 Å². The lowest BCUT2D eigenvalue weighted by Gasteiger charge is -2.56. The molecule has 0 amide bonds. The van der Waals surface area contributed by atoms with Gasteiger partial charge in [-0.05, 0) is 91.1 Å². The van der Waals surface area contributed by atoms with Gasteiger partial charge >= 0.3 is 5.97 Å². The summed E-state index contributed by atoms with van der Waals surface area (Å²) in [6.07, 6.45) is 13.7. The number of ether oxygens (including phenoxy) is 2. The van der Waals surface area contributed by atoms with Crippen molar-refractivity contribution in [1.29, 1.82) is 0 Å². The third-order valence-electron chi connectivity index (χ3n) is 10.6. The van der Waals surface area contributed by atoms with Gasteiger partial charge in [0.1, 0.15) is 18.3 Å². The Bertz CT molecular complexity index is 886. The summed E-state index contributed by atoms with van der Waals surface area (Å²) in [5, 5.41) is 0. The highest BCUT2D eigenvalue weighted by Crippen LogP contribution is 2.68. The normalized spacial score (nSPS) is 44.8. The number of carbonyl (C=O) groups excluding carboxylic acids is 2. The topological polar surface area (TPSA) is 55.9 Å². The van der Waals surface area contributed by atoms with Crippen LogP contribution in [0.4, 0.5) is 0 Å². The highest BCUT2D eigenvalue weighted by atomic mass is 16.6. The van der Waals surface area contributed by atoms with Gasteiger partial charge in [-0.25, -0.2) is 0 Å². The van der Waals surface area contributed by atoms with Crippen LogP contribution in [0.1, 0.15) is 80.1 Å². The summed E-state index contributed by atoms with van der Waals surface area (Å²) in [4.78, 5) is 23.8. The number of hydrogen-bond donors (Lipinski definition) is 0. The average molecular weight is 455 g/mol. The third-order valence-corrected chi connectivity index (χ3v) is 10.6. The molecule has 0 spiro atoms. The molecule has 0 aromatic carbocycles. The van der Waals surface area contributed by atoms with Gasteiger partial charge in [0.25, 0.3) is 0 Å². The second-order valence-corrected chi connectivity index (χ2v) is 12.6. The molecule has 5 aliphatic rings. The molecule has 10 atom stereocenters. The van der Waals surface area contributed by atoms with Crippen LogP contribution in [0, 0.1) is 46.3 Å². The van der Waals surface area contributed by atoms with Crippen LogP contribution in [0.2, 0.25) is 0 Å². The lowest BCUT2D eigenvalue weighted by atomic mass is 9.48. The minimum atomic E-state index is -0.179. The minimum Gasteiger partial charge on any atom is -0.462 e. The van der Waals surface area contributed by atoms with Crippen molar-refractivity contribution in [1.82, 2.24) is 0 Å². The van der Waals surface area contributed by atoms with Crippen molar-refractivity contribution in [3.8, 4) is 0 Å². The molecule has 0 radical (unpaired) electrons. The fourth-order valence-corrected chi connectivity index (χ4v) is 8.72. The maximum absolute atomic E-state index is 12.3. The van der Waals surface area contributed by atoms with E-state index in [2.05, 4.69) is 46.8 Å². The molecule has 1 aliphatic heterocycles. The Morgan fingerprint density at radius 1 is 1.15 bits per heavy atom. The molecular formula is C29H42O4. The van der Waals surface area contributed by atoms with E-state index in [0.717, 1.165) is 18.8 Å². The maximum atomic E-state index is 12.3. The van der Waals surface area contributed by atoms with Gasteiger partial charge in [-0.1, -0.05) is 46.8 Å². The lowest BCUT2D eigenvalue weighted by Crippen LogP contribution is -2.51. The molecule has 1 heterocycles. The third kappa shape index (κ3) is 3.58. The van der Waals surface area contributed by atoms with Crippen molar-refractivity contribution in [2.24, 2.45) is 46.3 Å². The highest BCUT2D eigenvalue weighted by Gasteiger charge is 2.66. The molecule has 0 aromatic rings. The van der Waals surface area contributed by atoms with Crippen LogP contribution in [0.15, 0.2) is 23.8 Å². The number of esters is 1. The van der Waals surface area contributed by atoms with Gasteiger partial charge in [0.15, 0.2) is 5.78 Å². The Hall–Kier alpha value is -1.42. The van der Waals surface area contributed by atoms with Crippen molar-refractivity contribution in [3.05, 3.63) is 23.8 Å². The summed E-state index contributed by atoms with van der Waals surface area (Å²) < 4.78 is 11.6. The molecule has 0 N–H and O–H groups in total. The molecule has 4 nitrogen and oxygen atoms in total. The Labute approximate surface area is 199 Å². The van der Waals surface area contributed by atoms with E-state index in [-0.39, 0.29) is 35.5 Å². The summed E-state index contributed by atoms with van der Waals surface area (Å²) in [5.41, 5.74) is 1.58. The number of carbonyl (C=O) groups is 2. The monoisotopic (exact) mass is 454 g/mol. The fraction of sp³-hybridized carbons (Fsp3) is 0.793. The van der Waals surface area contributed by atoms with E-state index in [1.807, 2.05) is 6.08 Å². The van der Waals surface area contributed by atoms with Gasteiger partial charge < -0.3 is 9.47 Å². The van der Waals surface area contributed by atoms with Crippen LogP contribution in [-0.2, 0) is 19.1 Å². The SMILES string of the molecule is CC(=O)O[C@H](CC[C@@H](C)[C@H]1CC[C@H]2[C@@H]3C=CC4=CC(=O)[C@@H]5O[C@@H]5[C@]4(C)[C@H]3CC[C@]12C)C(C)C. The number of ketones is 1. The summed E-state index contributed by atoms with van der Waals surface area (Å²) in [6, 6.07) is 0. The van der Waals surface area contributed by atoms with E-state index in [4.69, 9.17) is 9.47 Å². The predicted molar refractivity (Wildman–Crippen MR) is 128 cm³/mol. The van der Waals surface area contributed by atoms with Crippen molar-refractivity contribution in [2.75, 3.05) is 0 Å². The van der Waals surface area contributed by atoms with Crippen LogP contribution < -0.4 is 0 Å². The molecule has 0 bridgehead atoms. The largest absolute Gasteiger partial charge is 0.462 e. The van der Waals surface area contributed by atoms with Crippen molar-refractivity contribution in [2.45, 2.75) is 98.4 Å². The van der Waals surface area contributed by atoms with Crippen molar-refractivity contribution >= 4 is 11.8 Å². The molecule has 1 saturated heterocycles. The zero-order valence-electron chi connectivity index (χ0n) is 21.3. The van der Waals surface area contributed by atoms with E-state index in [0.29, 0.717) is 35.0 Å². The van der Waals surface area contributed by atoms with E-state index in [9.17, 15) is 9.59 Å². The molecule has 2 saturated carbocycles. The Morgan fingerprint density at radius 3 is 2.61 bits per heavy atom. The van der Waals surface area contributed by atoms with Gasteiger partial charge in [-0.2, -0.15) is 0 Å². The van der Waals surface area contributed by atoms with Crippen LogP contribution in [-0.4, -0.2) is 30.1 Å². The quantitative estimate of drug-likeness (QED) is 0.370. The fourth-order valence-electron chi connectivity index (χ4n) is 8.72. The van der Waals surface area contributed by atoms with Gasteiger partial charge in [0.05, 0.1) is 0 Å². The first-order valence-corrected chi connectivity index (χ1v) is 13.3. The molecule has 33 heavy (non-hydrogen) atoms. The van der Waals surface area contributed by atoms with Crippen LogP contribution >= 0.6 is 0 Å². The Kier molecular flexibility index (Phi) is 5.70. The summed E-state index contributed by atoms with van der Waals surface area (Å²) >= 11 is 0. The Balaban J connectivity index is 1.32. The standard InChI is InChI=1S/C29H42O4/c1-16(2)25(32-18(4)30)12-7-17(3)21-10-11-22-20-9-8-19-15-24(31)26-27(33-26)29(19,6)23(20)13-14-28(21,22)5/h8-9,15-17,20-23,25-27H,7,10-14H2,1-6H3/t17-,20+,21-,22+,23+,25-,26+,27+,28-,29+/m1/s1. The second kappa shape index (κ2) is 8.07. The lowest BCUT2D eigenvalue weighted by molar-refractivity contribution is -0.149. The minimum absolute atomic E-state index is 0.00244. The summed E-state index contributed by atoms with van der Waals surface area (Å²) in [5.74, 6) is 3.60. The zero-order chi connectivity index (χ0) is 23.7. The molecule has 4 aliphatic carbocycles. The van der Waals surface area contributed by atoms with Crippen LogP contribution in [0.3, 0.4) is 0 Å². The predicted octanol–water partition coefficient (Wildman–Crippen LogP) is 5.90. The number of rotatable bonds is 6. The number of epoxide rings is 1. The molecule has 182 valence electrons. The van der Waals surface area contributed by atoms with Gasteiger partial charge in [-0.3, -0.25) is 9.59 Å². The molecule has 3 fully saturated rings. The Morgan fingerprint density at radius 2 is 1.91 bits per heavy atom. The van der Waals surface area contributed by atoms with E-state index >= 15 is 0 Å².